The van der Waals surface area contributed by atoms with E-state index in [9.17, 15) is 9.18 Å². The quantitative estimate of drug-likeness (QED) is 0.901. The molecule has 2 rings (SSSR count). The zero-order valence-corrected chi connectivity index (χ0v) is 13.7. The van der Waals surface area contributed by atoms with Gasteiger partial charge in [0.1, 0.15) is 11.6 Å². The lowest BCUT2D eigenvalue weighted by Crippen LogP contribution is -2.36. The van der Waals surface area contributed by atoms with Crippen molar-refractivity contribution in [2.24, 2.45) is 0 Å². The van der Waals surface area contributed by atoms with Crippen LogP contribution in [0.1, 0.15) is 11.1 Å². The van der Waals surface area contributed by atoms with Gasteiger partial charge in [0.2, 0.25) is 0 Å². The Bertz CT molecular complexity index is 657. The number of ether oxygens (including phenoxy) is 1. The first kappa shape index (κ1) is 17.1. The van der Waals surface area contributed by atoms with E-state index in [1.807, 2.05) is 24.3 Å². The number of rotatable bonds is 5. The predicted octanol–water partition coefficient (Wildman–Crippen LogP) is 3.83. The van der Waals surface area contributed by atoms with Crippen LogP contribution in [0, 0.1) is 5.82 Å². The number of nitrogens with zero attached hydrogens (tertiary/aromatic N) is 1. The molecule has 2 aromatic carbocycles. The van der Waals surface area contributed by atoms with Gasteiger partial charge >= 0.3 is 6.03 Å². The lowest BCUT2D eigenvalue weighted by atomic mass is 10.2. The molecule has 0 bridgehead atoms. The van der Waals surface area contributed by atoms with Crippen LogP contribution in [-0.2, 0) is 13.1 Å². The third kappa shape index (κ3) is 4.60. The maximum absolute atomic E-state index is 13.7. The Hall–Kier alpha value is -2.27. The highest BCUT2D eigenvalue weighted by atomic mass is 35.5. The first-order valence-electron chi connectivity index (χ1n) is 7.06. The van der Waals surface area contributed by atoms with E-state index in [1.165, 1.54) is 17.0 Å². The van der Waals surface area contributed by atoms with Crippen molar-refractivity contribution in [3.8, 4) is 5.75 Å². The minimum Gasteiger partial charge on any atom is -0.497 e. The topological polar surface area (TPSA) is 41.6 Å². The number of halogens is 2. The van der Waals surface area contributed by atoms with Gasteiger partial charge in [0.05, 0.1) is 13.7 Å². The number of urea groups is 1. The number of amides is 2. The second kappa shape index (κ2) is 7.83. The molecule has 0 aliphatic heterocycles. The van der Waals surface area contributed by atoms with Crippen molar-refractivity contribution >= 4 is 17.6 Å². The summed E-state index contributed by atoms with van der Waals surface area (Å²) < 4.78 is 18.8. The maximum atomic E-state index is 13.7. The summed E-state index contributed by atoms with van der Waals surface area (Å²) in [6.07, 6.45) is 0. The van der Waals surface area contributed by atoms with E-state index in [1.54, 1.807) is 20.2 Å². The van der Waals surface area contributed by atoms with Gasteiger partial charge in [0.15, 0.2) is 0 Å². The molecule has 6 heteroatoms. The first-order chi connectivity index (χ1) is 11.0. The van der Waals surface area contributed by atoms with Crippen LogP contribution in [0.15, 0.2) is 42.5 Å². The number of hydrogen-bond donors (Lipinski definition) is 1. The third-order valence-corrected chi connectivity index (χ3v) is 3.76. The molecule has 0 saturated carbocycles. The fourth-order valence-electron chi connectivity index (χ4n) is 2.05. The lowest BCUT2D eigenvalue weighted by Gasteiger charge is -2.19. The van der Waals surface area contributed by atoms with E-state index >= 15 is 0 Å². The molecule has 0 radical (unpaired) electrons. The molecule has 0 heterocycles. The number of carbonyl (C=O) groups is 1. The van der Waals surface area contributed by atoms with Crippen LogP contribution < -0.4 is 10.1 Å². The summed E-state index contributed by atoms with van der Waals surface area (Å²) >= 11 is 5.97. The molecular formula is C17H18ClFN2O2. The zero-order chi connectivity index (χ0) is 16.8. The Labute approximate surface area is 139 Å². The molecule has 2 aromatic rings. The highest BCUT2D eigenvalue weighted by Crippen LogP contribution is 2.20. The molecule has 0 unspecified atom stereocenters. The molecule has 0 spiro atoms. The van der Waals surface area contributed by atoms with E-state index in [2.05, 4.69) is 5.32 Å². The zero-order valence-electron chi connectivity index (χ0n) is 13.0. The Morgan fingerprint density at radius 3 is 2.57 bits per heavy atom. The number of hydrogen-bond acceptors (Lipinski definition) is 2. The summed E-state index contributed by atoms with van der Waals surface area (Å²) in [5.74, 6) is 0.332. The highest BCUT2D eigenvalue weighted by Gasteiger charge is 2.13. The van der Waals surface area contributed by atoms with Crippen molar-refractivity contribution in [3.63, 3.8) is 0 Å². The maximum Gasteiger partial charge on any atom is 0.317 e. The summed E-state index contributed by atoms with van der Waals surface area (Å²) in [4.78, 5) is 13.5. The molecule has 4 nitrogen and oxygen atoms in total. The first-order valence-corrected chi connectivity index (χ1v) is 7.44. The minimum absolute atomic E-state index is 0.0972. The second-order valence-electron chi connectivity index (χ2n) is 5.06. The summed E-state index contributed by atoms with van der Waals surface area (Å²) in [5.41, 5.74) is 1.24. The molecular weight excluding hydrogens is 319 g/mol. The molecule has 1 N–H and O–H groups in total. The molecule has 0 aliphatic rings. The lowest BCUT2D eigenvalue weighted by molar-refractivity contribution is 0.206. The molecule has 0 saturated heterocycles. The van der Waals surface area contributed by atoms with Crippen LogP contribution in [0.5, 0.6) is 5.75 Å². The highest BCUT2D eigenvalue weighted by molar-refractivity contribution is 6.31. The normalized spacial score (nSPS) is 10.3. The van der Waals surface area contributed by atoms with Gasteiger partial charge in [-0.1, -0.05) is 29.8 Å². The van der Waals surface area contributed by atoms with Crippen LogP contribution in [0.2, 0.25) is 5.02 Å². The Balaban J connectivity index is 1.92. The number of benzene rings is 2. The van der Waals surface area contributed by atoms with Crippen molar-refractivity contribution in [2.45, 2.75) is 13.1 Å². The second-order valence-corrected chi connectivity index (χ2v) is 5.47. The molecule has 23 heavy (non-hydrogen) atoms. The van der Waals surface area contributed by atoms with E-state index < -0.39 is 5.82 Å². The summed E-state index contributed by atoms with van der Waals surface area (Å²) in [5, 5.41) is 3.08. The summed E-state index contributed by atoms with van der Waals surface area (Å²) in [6, 6.07) is 11.5. The van der Waals surface area contributed by atoms with Crippen molar-refractivity contribution in [1.82, 2.24) is 10.2 Å². The van der Waals surface area contributed by atoms with Crippen LogP contribution in [0.4, 0.5) is 9.18 Å². The Morgan fingerprint density at radius 1 is 1.26 bits per heavy atom. The fourth-order valence-corrected chi connectivity index (χ4v) is 2.27. The summed E-state index contributed by atoms with van der Waals surface area (Å²) in [7, 11) is 3.19. The SMILES string of the molecule is COc1ccc(CNC(=O)N(C)Cc2c(F)cccc2Cl)cc1. The smallest absolute Gasteiger partial charge is 0.317 e. The van der Waals surface area contributed by atoms with E-state index in [0.29, 0.717) is 17.1 Å². The van der Waals surface area contributed by atoms with Gasteiger partial charge in [-0.25, -0.2) is 9.18 Å². The molecule has 122 valence electrons. The third-order valence-electron chi connectivity index (χ3n) is 3.41. The van der Waals surface area contributed by atoms with Gasteiger partial charge in [-0.3, -0.25) is 0 Å². The average molecular weight is 337 g/mol. The fraction of sp³-hybridized carbons (Fsp3) is 0.235. The largest absolute Gasteiger partial charge is 0.497 e. The summed E-state index contributed by atoms with van der Waals surface area (Å²) in [6.45, 7) is 0.470. The van der Waals surface area contributed by atoms with Gasteiger partial charge in [-0.15, -0.1) is 0 Å². The van der Waals surface area contributed by atoms with Gasteiger partial charge in [-0.05, 0) is 29.8 Å². The van der Waals surface area contributed by atoms with Gasteiger partial charge in [0.25, 0.3) is 0 Å². The monoisotopic (exact) mass is 336 g/mol. The van der Waals surface area contributed by atoms with Crippen LogP contribution >= 0.6 is 11.6 Å². The number of methoxy groups -OCH3 is 1. The Kier molecular flexibility index (Phi) is 5.82. The standard InChI is InChI=1S/C17H18ClFN2O2/c1-21(11-14-15(18)4-3-5-16(14)19)17(22)20-10-12-6-8-13(23-2)9-7-12/h3-9H,10-11H2,1-2H3,(H,20,22). The van der Waals surface area contributed by atoms with Crippen molar-refractivity contribution in [1.29, 1.82) is 0 Å². The van der Waals surface area contributed by atoms with Crippen molar-refractivity contribution in [2.75, 3.05) is 14.2 Å². The molecule has 2 amide bonds. The van der Waals surface area contributed by atoms with Crippen LogP contribution in [-0.4, -0.2) is 25.1 Å². The number of nitrogens with one attached hydrogen (secondary N) is 1. The van der Waals surface area contributed by atoms with E-state index in [4.69, 9.17) is 16.3 Å². The molecule has 0 atom stereocenters. The molecule has 0 aliphatic carbocycles. The average Bonchev–Trinajstić information content (AvgIpc) is 2.56. The number of carbonyl (C=O) groups excluding carboxylic acids is 1. The minimum atomic E-state index is -0.424. The van der Waals surface area contributed by atoms with Crippen molar-refractivity contribution < 1.29 is 13.9 Å². The van der Waals surface area contributed by atoms with E-state index in [0.717, 1.165) is 11.3 Å². The Morgan fingerprint density at radius 2 is 1.96 bits per heavy atom. The van der Waals surface area contributed by atoms with Gasteiger partial charge < -0.3 is 15.0 Å². The molecule has 0 fully saturated rings. The van der Waals surface area contributed by atoms with Gasteiger partial charge in [-0.2, -0.15) is 0 Å². The molecule has 0 aromatic heterocycles. The van der Waals surface area contributed by atoms with Gasteiger partial charge in [0, 0.05) is 24.2 Å². The predicted molar refractivity (Wildman–Crippen MR) is 88.1 cm³/mol. The van der Waals surface area contributed by atoms with Crippen molar-refractivity contribution in [3.05, 3.63) is 64.4 Å². The van der Waals surface area contributed by atoms with Crippen LogP contribution in [0.3, 0.4) is 0 Å². The van der Waals surface area contributed by atoms with Crippen LogP contribution in [0.25, 0.3) is 0 Å². The van der Waals surface area contributed by atoms with E-state index in [-0.39, 0.29) is 12.6 Å².